The number of hydrogen-bond acceptors (Lipinski definition) is 5. The molecule has 1 atom stereocenters. The van der Waals surface area contributed by atoms with Crippen molar-refractivity contribution in [1.82, 2.24) is 10.3 Å². The van der Waals surface area contributed by atoms with Crippen LogP contribution in [0.4, 0.5) is 4.39 Å². The van der Waals surface area contributed by atoms with Gasteiger partial charge in [-0.25, -0.2) is 9.37 Å². The molecule has 2 aromatic heterocycles. The molecule has 7 heteroatoms. The van der Waals surface area contributed by atoms with Gasteiger partial charge >= 0.3 is 0 Å². The van der Waals surface area contributed by atoms with Gasteiger partial charge < -0.3 is 18.9 Å². The van der Waals surface area contributed by atoms with E-state index in [9.17, 15) is 9.18 Å². The van der Waals surface area contributed by atoms with Crippen molar-refractivity contribution in [3.63, 3.8) is 0 Å². The number of aromatic nitrogens is 1. The van der Waals surface area contributed by atoms with Crippen molar-refractivity contribution in [2.24, 2.45) is 0 Å². The van der Waals surface area contributed by atoms with E-state index in [0.29, 0.717) is 23.0 Å². The highest BCUT2D eigenvalue weighted by Gasteiger charge is 2.19. The minimum absolute atomic E-state index is 0.125. The normalized spacial score (nSPS) is 12.1. The summed E-state index contributed by atoms with van der Waals surface area (Å²) in [6, 6.07) is 15.9. The summed E-state index contributed by atoms with van der Waals surface area (Å²) >= 11 is 0. The van der Waals surface area contributed by atoms with Crippen LogP contribution in [0, 0.1) is 5.82 Å². The average Bonchev–Trinajstić information content (AvgIpc) is 3.34. The van der Waals surface area contributed by atoms with Gasteiger partial charge in [-0.05, 0) is 55.5 Å². The minimum Gasteiger partial charge on any atom is -0.486 e. The van der Waals surface area contributed by atoms with Crippen molar-refractivity contribution in [2.45, 2.75) is 19.6 Å². The Morgan fingerprint density at radius 1 is 1.11 bits per heavy atom. The topological polar surface area (TPSA) is 77.5 Å². The number of carbonyl (C=O) groups is 1. The van der Waals surface area contributed by atoms with Gasteiger partial charge in [0.2, 0.25) is 5.89 Å². The fraction of sp³-hybridized carbons (Fsp3) is 0.143. The number of nitrogens with one attached hydrogen (secondary N) is 1. The molecule has 4 aromatic rings. The molecule has 2 heterocycles. The van der Waals surface area contributed by atoms with Crippen molar-refractivity contribution < 1.29 is 22.8 Å². The van der Waals surface area contributed by atoms with E-state index in [0.717, 1.165) is 5.52 Å². The highest BCUT2D eigenvalue weighted by atomic mass is 19.1. The van der Waals surface area contributed by atoms with Gasteiger partial charge in [0.1, 0.15) is 35.5 Å². The van der Waals surface area contributed by atoms with Gasteiger partial charge in [0.05, 0.1) is 0 Å². The lowest BCUT2D eigenvalue weighted by atomic mass is 10.3. The molecule has 0 saturated heterocycles. The number of halogens is 1. The van der Waals surface area contributed by atoms with Crippen LogP contribution in [0.5, 0.6) is 5.75 Å². The number of carbonyl (C=O) groups excluding carboxylic acids is 1. The van der Waals surface area contributed by atoms with E-state index in [2.05, 4.69) is 10.3 Å². The van der Waals surface area contributed by atoms with Gasteiger partial charge in [-0.3, -0.25) is 4.79 Å². The molecule has 1 N–H and O–H groups in total. The third-order valence-corrected chi connectivity index (χ3v) is 4.11. The van der Waals surface area contributed by atoms with Crippen molar-refractivity contribution >= 4 is 17.0 Å². The zero-order valence-corrected chi connectivity index (χ0v) is 15.0. The van der Waals surface area contributed by atoms with Crippen LogP contribution < -0.4 is 10.1 Å². The second-order valence-corrected chi connectivity index (χ2v) is 6.22. The van der Waals surface area contributed by atoms with Gasteiger partial charge in [-0.1, -0.05) is 12.1 Å². The standard InChI is InChI=1S/C21H17FN2O4/c1-13(21-24-17-4-2-3-5-18(17)28-21)23-20(25)19-11-10-16(27-19)12-26-15-8-6-14(22)7-9-15/h2-11,13H,12H2,1H3,(H,23,25). The van der Waals surface area contributed by atoms with Crippen LogP contribution in [0.3, 0.4) is 0 Å². The van der Waals surface area contributed by atoms with Gasteiger partial charge in [0, 0.05) is 0 Å². The van der Waals surface area contributed by atoms with Crippen LogP contribution >= 0.6 is 0 Å². The maximum absolute atomic E-state index is 12.9. The fourth-order valence-corrected chi connectivity index (χ4v) is 2.67. The Kier molecular flexibility index (Phi) is 4.80. The monoisotopic (exact) mass is 380 g/mol. The van der Waals surface area contributed by atoms with Crippen LogP contribution in [0.1, 0.15) is 35.2 Å². The molecule has 0 bridgehead atoms. The van der Waals surface area contributed by atoms with Crippen LogP contribution in [0.2, 0.25) is 0 Å². The van der Waals surface area contributed by atoms with E-state index in [1.807, 2.05) is 24.3 Å². The van der Waals surface area contributed by atoms with E-state index in [4.69, 9.17) is 13.6 Å². The van der Waals surface area contributed by atoms with E-state index in [1.165, 1.54) is 24.3 Å². The lowest BCUT2D eigenvalue weighted by Gasteiger charge is -2.08. The van der Waals surface area contributed by atoms with E-state index in [1.54, 1.807) is 19.1 Å². The van der Waals surface area contributed by atoms with Gasteiger partial charge in [0.15, 0.2) is 11.3 Å². The molecule has 0 radical (unpaired) electrons. The number of amides is 1. The van der Waals surface area contributed by atoms with Crippen LogP contribution in [-0.2, 0) is 6.61 Å². The molecular weight excluding hydrogens is 363 g/mol. The molecule has 1 amide bonds. The fourth-order valence-electron chi connectivity index (χ4n) is 2.67. The zero-order chi connectivity index (χ0) is 19.5. The molecular formula is C21H17FN2O4. The summed E-state index contributed by atoms with van der Waals surface area (Å²) in [5, 5.41) is 2.80. The minimum atomic E-state index is -0.427. The predicted molar refractivity (Wildman–Crippen MR) is 99.3 cm³/mol. The second kappa shape index (κ2) is 7.56. The number of furan rings is 1. The van der Waals surface area contributed by atoms with Crippen molar-refractivity contribution in [3.8, 4) is 5.75 Å². The van der Waals surface area contributed by atoms with Gasteiger partial charge in [0.25, 0.3) is 5.91 Å². The molecule has 28 heavy (non-hydrogen) atoms. The Labute approximate surface area is 159 Å². The molecule has 0 saturated carbocycles. The lowest BCUT2D eigenvalue weighted by molar-refractivity contribution is 0.0902. The number of para-hydroxylation sites is 2. The van der Waals surface area contributed by atoms with Crippen LogP contribution in [0.15, 0.2) is 69.5 Å². The number of benzene rings is 2. The molecule has 0 aliphatic rings. The number of rotatable bonds is 6. The maximum Gasteiger partial charge on any atom is 0.287 e. The van der Waals surface area contributed by atoms with Crippen molar-refractivity contribution in [1.29, 1.82) is 0 Å². The molecule has 0 aliphatic carbocycles. The first-order valence-electron chi connectivity index (χ1n) is 8.72. The Morgan fingerprint density at radius 3 is 2.68 bits per heavy atom. The van der Waals surface area contributed by atoms with Crippen LogP contribution in [0.25, 0.3) is 11.1 Å². The Balaban J connectivity index is 1.37. The lowest BCUT2D eigenvalue weighted by Crippen LogP contribution is -2.26. The summed E-state index contributed by atoms with van der Waals surface area (Å²) in [6.45, 7) is 1.91. The maximum atomic E-state index is 12.9. The third-order valence-electron chi connectivity index (χ3n) is 4.11. The number of nitrogens with zero attached hydrogens (tertiary/aromatic N) is 1. The highest BCUT2D eigenvalue weighted by molar-refractivity contribution is 5.91. The number of ether oxygens (including phenoxy) is 1. The first kappa shape index (κ1) is 17.8. The summed E-state index contributed by atoms with van der Waals surface area (Å²) in [5.41, 5.74) is 1.40. The van der Waals surface area contributed by atoms with Crippen LogP contribution in [-0.4, -0.2) is 10.9 Å². The summed E-state index contributed by atoms with van der Waals surface area (Å²) in [5.74, 6) is 0.833. The van der Waals surface area contributed by atoms with Gasteiger partial charge in [-0.2, -0.15) is 0 Å². The summed E-state index contributed by atoms with van der Waals surface area (Å²) in [7, 11) is 0. The molecule has 0 spiro atoms. The Hall–Kier alpha value is -3.61. The van der Waals surface area contributed by atoms with E-state index in [-0.39, 0.29) is 24.1 Å². The first-order valence-corrected chi connectivity index (χ1v) is 8.72. The molecule has 2 aromatic carbocycles. The highest BCUT2D eigenvalue weighted by Crippen LogP contribution is 2.20. The SMILES string of the molecule is CC(NC(=O)c1ccc(COc2ccc(F)cc2)o1)c1nc2ccccc2o1. The van der Waals surface area contributed by atoms with E-state index < -0.39 is 6.04 Å². The quantitative estimate of drug-likeness (QED) is 0.528. The molecule has 4 rings (SSSR count). The average molecular weight is 380 g/mol. The smallest absolute Gasteiger partial charge is 0.287 e. The first-order chi connectivity index (χ1) is 13.6. The molecule has 142 valence electrons. The molecule has 0 fully saturated rings. The third kappa shape index (κ3) is 3.88. The van der Waals surface area contributed by atoms with Crippen molar-refractivity contribution in [2.75, 3.05) is 0 Å². The largest absolute Gasteiger partial charge is 0.486 e. The molecule has 1 unspecified atom stereocenters. The second-order valence-electron chi connectivity index (χ2n) is 6.22. The Morgan fingerprint density at radius 2 is 1.89 bits per heavy atom. The predicted octanol–water partition coefficient (Wildman–Crippen LogP) is 4.63. The summed E-state index contributed by atoms with van der Waals surface area (Å²) in [4.78, 5) is 16.8. The Bertz CT molecular complexity index is 1070. The number of oxazole rings is 1. The number of fused-ring (bicyclic) bond motifs is 1. The zero-order valence-electron chi connectivity index (χ0n) is 15.0. The van der Waals surface area contributed by atoms with E-state index >= 15 is 0 Å². The number of hydrogen-bond donors (Lipinski definition) is 1. The summed E-state index contributed by atoms with van der Waals surface area (Å²) in [6.07, 6.45) is 0. The van der Waals surface area contributed by atoms with Gasteiger partial charge in [-0.15, -0.1) is 0 Å². The summed E-state index contributed by atoms with van der Waals surface area (Å²) < 4.78 is 29.6. The molecule has 6 nitrogen and oxygen atoms in total. The van der Waals surface area contributed by atoms with Crippen molar-refractivity contribution in [3.05, 3.63) is 83.9 Å². The molecule has 0 aliphatic heterocycles.